The van der Waals surface area contributed by atoms with Crippen LogP contribution in [0.5, 0.6) is 0 Å². The number of nitrogens with one attached hydrogen (secondary N) is 1. The van der Waals surface area contributed by atoms with Gasteiger partial charge in [-0.15, -0.1) is 0 Å². The molecule has 0 spiro atoms. The SMILES string of the molecule is CC(C)(C)C(c1cc(C=O)ccn1)N(CCCNCCc1ccccc1)C(=O)O. The molecule has 0 radical (unpaired) electrons. The molecule has 0 bridgehead atoms. The number of hydrogen-bond acceptors (Lipinski definition) is 4. The fourth-order valence-corrected chi connectivity index (χ4v) is 3.47. The lowest BCUT2D eigenvalue weighted by atomic mass is 9.83. The van der Waals surface area contributed by atoms with Crippen molar-refractivity contribution in [2.45, 2.75) is 39.7 Å². The number of rotatable bonds is 10. The molecule has 0 aliphatic rings. The fraction of sp³-hybridized carbons (Fsp3) is 0.435. The van der Waals surface area contributed by atoms with Crippen LogP contribution in [0.3, 0.4) is 0 Å². The van der Waals surface area contributed by atoms with E-state index in [1.807, 2.05) is 39.0 Å². The van der Waals surface area contributed by atoms with Gasteiger partial charge in [-0.2, -0.15) is 0 Å². The lowest BCUT2D eigenvalue weighted by molar-refractivity contribution is 0.0789. The molecular formula is C23H31N3O3. The molecule has 29 heavy (non-hydrogen) atoms. The molecule has 0 fully saturated rings. The van der Waals surface area contributed by atoms with Gasteiger partial charge in [0.1, 0.15) is 6.29 Å². The van der Waals surface area contributed by atoms with E-state index >= 15 is 0 Å². The third kappa shape index (κ3) is 6.98. The van der Waals surface area contributed by atoms with Crippen molar-refractivity contribution >= 4 is 12.4 Å². The quantitative estimate of drug-likeness (QED) is 0.464. The van der Waals surface area contributed by atoms with Crippen LogP contribution in [0, 0.1) is 5.41 Å². The van der Waals surface area contributed by atoms with Crippen molar-refractivity contribution in [3.63, 3.8) is 0 Å². The van der Waals surface area contributed by atoms with Crippen molar-refractivity contribution in [1.29, 1.82) is 0 Å². The van der Waals surface area contributed by atoms with Gasteiger partial charge in [-0.3, -0.25) is 14.7 Å². The van der Waals surface area contributed by atoms with E-state index in [0.717, 1.165) is 25.8 Å². The summed E-state index contributed by atoms with van der Waals surface area (Å²) >= 11 is 0. The smallest absolute Gasteiger partial charge is 0.407 e. The second kappa shape index (κ2) is 10.7. The van der Waals surface area contributed by atoms with Crippen LogP contribution in [0.1, 0.15) is 54.8 Å². The Hall–Kier alpha value is -2.73. The number of hydrogen-bond donors (Lipinski definition) is 2. The Labute approximate surface area is 173 Å². The minimum atomic E-state index is -0.979. The molecule has 156 valence electrons. The van der Waals surface area contributed by atoms with E-state index in [4.69, 9.17) is 0 Å². The van der Waals surface area contributed by atoms with Gasteiger partial charge >= 0.3 is 6.09 Å². The van der Waals surface area contributed by atoms with Crippen molar-refractivity contribution in [3.8, 4) is 0 Å². The van der Waals surface area contributed by atoms with Gasteiger partial charge in [-0.05, 0) is 49.0 Å². The van der Waals surface area contributed by atoms with Gasteiger partial charge in [-0.1, -0.05) is 51.1 Å². The maximum atomic E-state index is 12.0. The lowest BCUT2D eigenvalue weighted by Crippen LogP contribution is -2.42. The molecule has 1 atom stereocenters. The summed E-state index contributed by atoms with van der Waals surface area (Å²) < 4.78 is 0. The molecule has 1 unspecified atom stereocenters. The second-order valence-corrected chi connectivity index (χ2v) is 8.22. The number of aromatic nitrogens is 1. The monoisotopic (exact) mass is 397 g/mol. The second-order valence-electron chi connectivity index (χ2n) is 8.22. The van der Waals surface area contributed by atoms with Gasteiger partial charge in [0, 0.05) is 18.3 Å². The number of pyridine rings is 1. The van der Waals surface area contributed by atoms with E-state index in [9.17, 15) is 14.7 Å². The van der Waals surface area contributed by atoms with Crippen LogP contribution in [0.25, 0.3) is 0 Å². The van der Waals surface area contributed by atoms with E-state index in [2.05, 4.69) is 22.4 Å². The van der Waals surface area contributed by atoms with E-state index in [1.165, 1.54) is 10.5 Å². The molecule has 0 aliphatic carbocycles. The van der Waals surface area contributed by atoms with E-state index in [0.29, 0.717) is 24.2 Å². The molecule has 0 saturated carbocycles. The molecule has 1 amide bonds. The molecule has 0 aliphatic heterocycles. The number of aldehydes is 1. The molecule has 1 aromatic carbocycles. The molecule has 0 saturated heterocycles. The summed E-state index contributed by atoms with van der Waals surface area (Å²) in [6, 6.07) is 13.1. The highest BCUT2D eigenvalue weighted by Crippen LogP contribution is 2.37. The minimum Gasteiger partial charge on any atom is -0.465 e. The largest absolute Gasteiger partial charge is 0.465 e. The summed E-state index contributed by atoms with van der Waals surface area (Å²) in [5.41, 5.74) is 2.01. The first-order chi connectivity index (χ1) is 13.8. The van der Waals surface area contributed by atoms with Crippen LogP contribution in [0.15, 0.2) is 48.7 Å². The maximum Gasteiger partial charge on any atom is 0.407 e. The summed E-state index contributed by atoms with van der Waals surface area (Å²) in [4.78, 5) is 29.0. The topological polar surface area (TPSA) is 82.5 Å². The molecule has 2 aromatic rings. The average molecular weight is 398 g/mol. The highest BCUT2D eigenvalue weighted by Gasteiger charge is 2.35. The van der Waals surface area contributed by atoms with Crippen molar-refractivity contribution in [2.24, 2.45) is 5.41 Å². The van der Waals surface area contributed by atoms with Gasteiger partial charge in [-0.25, -0.2) is 4.79 Å². The number of carboxylic acid groups (broad SMARTS) is 1. The van der Waals surface area contributed by atoms with E-state index in [-0.39, 0.29) is 5.41 Å². The van der Waals surface area contributed by atoms with Crippen molar-refractivity contribution < 1.29 is 14.7 Å². The Morgan fingerprint density at radius 2 is 1.93 bits per heavy atom. The number of carbonyl (C=O) groups excluding carboxylic acids is 1. The minimum absolute atomic E-state index is 0.367. The van der Waals surface area contributed by atoms with Crippen molar-refractivity contribution in [3.05, 3.63) is 65.5 Å². The van der Waals surface area contributed by atoms with Gasteiger partial charge in [0.05, 0.1) is 11.7 Å². The van der Waals surface area contributed by atoms with Crippen molar-refractivity contribution in [1.82, 2.24) is 15.2 Å². The van der Waals surface area contributed by atoms with Crippen molar-refractivity contribution in [2.75, 3.05) is 19.6 Å². The van der Waals surface area contributed by atoms with E-state index < -0.39 is 12.1 Å². The Bertz CT molecular complexity index is 787. The van der Waals surface area contributed by atoms with Crippen LogP contribution in [0.4, 0.5) is 4.79 Å². The molecule has 2 rings (SSSR count). The zero-order valence-corrected chi connectivity index (χ0v) is 17.5. The van der Waals surface area contributed by atoms with E-state index in [1.54, 1.807) is 18.3 Å². The summed E-state index contributed by atoms with van der Waals surface area (Å²) in [6.07, 6.45) is 2.97. The van der Waals surface area contributed by atoms with Crippen LogP contribution in [0.2, 0.25) is 0 Å². The summed E-state index contributed by atoms with van der Waals surface area (Å²) in [6.45, 7) is 7.93. The molecule has 1 heterocycles. The highest BCUT2D eigenvalue weighted by atomic mass is 16.4. The van der Waals surface area contributed by atoms with Gasteiger partial charge in [0.15, 0.2) is 0 Å². The highest BCUT2D eigenvalue weighted by molar-refractivity contribution is 5.74. The summed E-state index contributed by atoms with van der Waals surface area (Å²) in [5, 5.41) is 13.2. The van der Waals surface area contributed by atoms with Crippen LogP contribution < -0.4 is 5.32 Å². The Morgan fingerprint density at radius 3 is 2.55 bits per heavy atom. The first kappa shape index (κ1) is 22.6. The Balaban J connectivity index is 1.97. The van der Waals surface area contributed by atoms with Crippen LogP contribution in [-0.2, 0) is 6.42 Å². The standard InChI is InChI=1S/C23H31N3O3/c1-23(2,3)21(20-16-19(17-27)11-14-25-20)26(22(28)29)15-7-12-24-13-10-18-8-5-4-6-9-18/h4-6,8-9,11,14,16-17,21,24H,7,10,12-13,15H2,1-3H3,(H,28,29). The first-order valence-electron chi connectivity index (χ1n) is 9.98. The predicted octanol–water partition coefficient (Wildman–Crippen LogP) is 4.18. The van der Waals surface area contributed by atoms with Crippen LogP contribution in [-0.4, -0.2) is 47.0 Å². The summed E-state index contributed by atoms with van der Waals surface area (Å²) in [7, 11) is 0. The first-order valence-corrected chi connectivity index (χ1v) is 9.98. The average Bonchev–Trinajstić information content (AvgIpc) is 2.69. The number of carbonyl (C=O) groups is 2. The zero-order chi connectivity index (χ0) is 21.3. The van der Waals surface area contributed by atoms with Crippen LogP contribution >= 0.6 is 0 Å². The molecule has 2 N–H and O–H groups in total. The summed E-state index contributed by atoms with van der Waals surface area (Å²) in [5.74, 6) is 0. The number of nitrogens with zero attached hydrogens (tertiary/aromatic N) is 2. The Morgan fingerprint density at radius 1 is 1.21 bits per heavy atom. The fourth-order valence-electron chi connectivity index (χ4n) is 3.47. The van der Waals surface area contributed by atoms with Gasteiger partial charge in [0.25, 0.3) is 0 Å². The van der Waals surface area contributed by atoms with Gasteiger partial charge in [0.2, 0.25) is 0 Å². The number of amides is 1. The molecule has 6 nitrogen and oxygen atoms in total. The normalized spacial score (nSPS) is 12.4. The van der Waals surface area contributed by atoms with Gasteiger partial charge < -0.3 is 10.4 Å². The third-order valence-corrected chi connectivity index (χ3v) is 4.78. The molecule has 6 heteroatoms. The maximum absolute atomic E-state index is 12.0. The number of benzene rings is 1. The zero-order valence-electron chi connectivity index (χ0n) is 17.5. The molecular weight excluding hydrogens is 366 g/mol. The Kier molecular flexibility index (Phi) is 8.34. The third-order valence-electron chi connectivity index (χ3n) is 4.78. The lowest BCUT2D eigenvalue weighted by Gasteiger charge is -2.38. The predicted molar refractivity (Wildman–Crippen MR) is 114 cm³/mol. The molecule has 1 aromatic heterocycles.